The highest BCUT2D eigenvalue weighted by atomic mass is 32.1. The standard InChI is InChI=1S/C33H31N3S/c1-20(2)25-9-8-10-26(21(3)4)32(25)36-30-12-7-6-11-29(30)35-33(36)28-19-37-31-14-13-23(18-27(28)31)24-15-16-34-22(5)17-24/h6-21H,1-5H3. The van der Waals surface area contributed by atoms with Gasteiger partial charge in [-0.15, -0.1) is 11.3 Å². The fraction of sp³-hybridized carbons (Fsp3) is 0.212. The van der Waals surface area contributed by atoms with Crippen molar-refractivity contribution in [2.75, 3.05) is 0 Å². The molecule has 0 fully saturated rings. The Kier molecular flexibility index (Phi) is 5.92. The number of aromatic nitrogens is 3. The molecule has 0 aliphatic carbocycles. The number of benzene rings is 3. The maximum Gasteiger partial charge on any atom is 0.147 e. The molecule has 6 aromatic rings. The number of imidazole rings is 1. The van der Waals surface area contributed by atoms with Crippen molar-refractivity contribution < 1.29 is 0 Å². The minimum Gasteiger partial charge on any atom is -0.292 e. The van der Waals surface area contributed by atoms with Crippen molar-refractivity contribution in [1.29, 1.82) is 0 Å². The van der Waals surface area contributed by atoms with E-state index < -0.39 is 0 Å². The fourth-order valence-electron chi connectivity index (χ4n) is 5.31. The molecular weight excluding hydrogens is 470 g/mol. The summed E-state index contributed by atoms with van der Waals surface area (Å²) in [5, 5.41) is 3.51. The third-order valence-electron chi connectivity index (χ3n) is 7.17. The molecule has 3 nitrogen and oxygen atoms in total. The van der Waals surface area contributed by atoms with E-state index >= 15 is 0 Å². The van der Waals surface area contributed by atoms with Gasteiger partial charge in [-0.25, -0.2) is 4.98 Å². The van der Waals surface area contributed by atoms with Gasteiger partial charge < -0.3 is 0 Å². The van der Waals surface area contributed by atoms with Crippen LogP contribution in [-0.4, -0.2) is 14.5 Å². The highest BCUT2D eigenvalue weighted by molar-refractivity contribution is 7.17. The van der Waals surface area contributed by atoms with E-state index in [4.69, 9.17) is 4.98 Å². The summed E-state index contributed by atoms with van der Waals surface area (Å²) in [6.45, 7) is 11.2. The number of aryl methyl sites for hydroxylation is 1. The summed E-state index contributed by atoms with van der Waals surface area (Å²) in [7, 11) is 0. The Labute approximate surface area is 222 Å². The minimum atomic E-state index is 0.392. The smallest absolute Gasteiger partial charge is 0.147 e. The van der Waals surface area contributed by atoms with Crippen LogP contribution in [0.15, 0.2) is 84.4 Å². The van der Waals surface area contributed by atoms with E-state index in [9.17, 15) is 0 Å². The van der Waals surface area contributed by atoms with Gasteiger partial charge in [-0.05, 0) is 77.4 Å². The van der Waals surface area contributed by atoms with Crippen LogP contribution in [0, 0.1) is 6.92 Å². The molecule has 3 aromatic heterocycles. The van der Waals surface area contributed by atoms with Gasteiger partial charge in [0.1, 0.15) is 5.82 Å². The zero-order valence-electron chi connectivity index (χ0n) is 22.0. The van der Waals surface area contributed by atoms with Gasteiger partial charge in [0.15, 0.2) is 0 Å². The third-order valence-corrected chi connectivity index (χ3v) is 8.13. The molecule has 0 spiro atoms. The van der Waals surface area contributed by atoms with Crippen LogP contribution in [0.5, 0.6) is 0 Å². The monoisotopic (exact) mass is 501 g/mol. The second-order valence-electron chi connectivity index (χ2n) is 10.4. The first-order valence-corrected chi connectivity index (χ1v) is 13.9. The molecule has 37 heavy (non-hydrogen) atoms. The number of para-hydroxylation sites is 3. The summed E-state index contributed by atoms with van der Waals surface area (Å²) in [6.07, 6.45) is 1.89. The second kappa shape index (κ2) is 9.28. The first-order chi connectivity index (χ1) is 17.9. The van der Waals surface area contributed by atoms with Crippen molar-refractivity contribution in [1.82, 2.24) is 14.5 Å². The summed E-state index contributed by atoms with van der Waals surface area (Å²) in [4.78, 5) is 9.64. The van der Waals surface area contributed by atoms with E-state index in [-0.39, 0.29) is 0 Å². The molecule has 0 radical (unpaired) electrons. The molecule has 0 amide bonds. The van der Waals surface area contributed by atoms with Crippen LogP contribution in [-0.2, 0) is 0 Å². The lowest BCUT2D eigenvalue weighted by Crippen LogP contribution is -2.08. The zero-order chi connectivity index (χ0) is 25.7. The normalized spacial score (nSPS) is 11.9. The van der Waals surface area contributed by atoms with Crippen molar-refractivity contribution in [2.45, 2.75) is 46.5 Å². The number of hydrogen-bond donors (Lipinski definition) is 0. The maximum absolute atomic E-state index is 5.26. The van der Waals surface area contributed by atoms with Crippen molar-refractivity contribution >= 4 is 32.5 Å². The molecule has 184 valence electrons. The van der Waals surface area contributed by atoms with Gasteiger partial charge in [0.25, 0.3) is 0 Å². The number of nitrogens with zero attached hydrogens (tertiary/aromatic N) is 3. The minimum absolute atomic E-state index is 0.392. The first kappa shape index (κ1) is 23.6. The Hall–Kier alpha value is -3.76. The van der Waals surface area contributed by atoms with Crippen LogP contribution in [0.1, 0.15) is 56.4 Å². The summed E-state index contributed by atoms with van der Waals surface area (Å²) < 4.78 is 3.69. The number of hydrogen-bond acceptors (Lipinski definition) is 3. The average molecular weight is 502 g/mol. The van der Waals surface area contributed by atoms with Crippen molar-refractivity contribution in [2.24, 2.45) is 0 Å². The number of thiophene rings is 1. The predicted octanol–water partition coefficient (Wildman–Crippen LogP) is 9.52. The van der Waals surface area contributed by atoms with E-state index in [2.05, 4.69) is 115 Å². The van der Waals surface area contributed by atoms with E-state index in [1.165, 1.54) is 43.6 Å². The van der Waals surface area contributed by atoms with Gasteiger partial charge in [0, 0.05) is 32.9 Å². The van der Waals surface area contributed by atoms with Gasteiger partial charge in [-0.3, -0.25) is 9.55 Å². The molecule has 3 heterocycles. The van der Waals surface area contributed by atoms with Crippen molar-refractivity contribution in [3.8, 4) is 28.2 Å². The molecular formula is C33H31N3S. The van der Waals surface area contributed by atoms with E-state index in [1.54, 1.807) is 11.3 Å². The number of pyridine rings is 1. The Bertz CT molecular complexity index is 1730. The molecule has 0 saturated heterocycles. The van der Waals surface area contributed by atoms with E-state index in [0.29, 0.717) is 11.8 Å². The third kappa shape index (κ3) is 4.06. The van der Waals surface area contributed by atoms with Crippen LogP contribution < -0.4 is 0 Å². The molecule has 0 unspecified atom stereocenters. The Morgan fingerprint density at radius 3 is 2.24 bits per heavy atom. The lowest BCUT2D eigenvalue weighted by atomic mass is 9.92. The van der Waals surface area contributed by atoms with Crippen LogP contribution in [0.4, 0.5) is 0 Å². The molecule has 0 saturated carbocycles. The highest BCUT2D eigenvalue weighted by Gasteiger charge is 2.23. The highest BCUT2D eigenvalue weighted by Crippen LogP contribution is 2.41. The fourth-order valence-corrected chi connectivity index (χ4v) is 6.23. The van der Waals surface area contributed by atoms with Gasteiger partial charge in [-0.1, -0.05) is 64.1 Å². The lowest BCUT2D eigenvalue weighted by molar-refractivity contribution is 0.811. The molecule has 0 aliphatic rings. The zero-order valence-corrected chi connectivity index (χ0v) is 22.8. The Morgan fingerprint density at radius 2 is 1.51 bits per heavy atom. The van der Waals surface area contributed by atoms with Gasteiger partial charge in [-0.2, -0.15) is 0 Å². The SMILES string of the molecule is Cc1cc(-c2ccc3scc(-c4nc5ccccc5n4-c4c(C(C)C)cccc4C(C)C)c3c2)ccn1. The van der Waals surface area contributed by atoms with Crippen molar-refractivity contribution in [3.63, 3.8) is 0 Å². The van der Waals surface area contributed by atoms with Crippen LogP contribution in [0.25, 0.3) is 49.3 Å². The topological polar surface area (TPSA) is 30.7 Å². The Balaban J connectivity index is 1.67. The Morgan fingerprint density at radius 1 is 0.784 bits per heavy atom. The van der Waals surface area contributed by atoms with E-state index in [0.717, 1.165) is 22.6 Å². The van der Waals surface area contributed by atoms with Crippen LogP contribution >= 0.6 is 11.3 Å². The molecule has 6 rings (SSSR count). The second-order valence-corrected chi connectivity index (χ2v) is 11.3. The summed E-state index contributed by atoms with van der Waals surface area (Å²) >= 11 is 1.78. The largest absolute Gasteiger partial charge is 0.292 e. The first-order valence-electron chi connectivity index (χ1n) is 13.0. The van der Waals surface area contributed by atoms with Crippen molar-refractivity contribution in [3.05, 3.63) is 101 Å². The van der Waals surface area contributed by atoms with E-state index in [1.807, 2.05) is 13.1 Å². The summed E-state index contributed by atoms with van der Waals surface area (Å²) in [6, 6.07) is 26.3. The van der Waals surface area contributed by atoms with Crippen LogP contribution in [0.3, 0.4) is 0 Å². The number of rotatable bonds is 5. The molecule has 0 aliphatic heterocycles. The van der Waals surface area contributed by atoms with Crippen LogP contribution in [0.2, 0.25) is 0 Å². The lowest BCUT2D eigenvalue weighted by Gasteiger charge is -2.22. The van der Waals surface area contributed by atoms with Gasteiger partial charge >= 0.3 is 0 Å². The summed E-state index contributed by atoms with van der Waals surface area (Å²) in [5.41, 5.74) is 10.7. The molecule has 0 N–H and O–H groups in total. The number of fused-ring (bicyclic) bond motifs is 2. The molecule has 3 aromatic carbocycles. The molecule has 0 atom stereocenters. The maximum atomic E-state index is 5.26. The quantitative estimate of drug-likeness (QED) is 0.235. The predicted molar refractivity (Wildman–Crippen MR) is 158 cm³/mol. The molecule has 0 bridgehead atoms. The molecule has 4 heteroatoms. The summed E-state index contributed by atoms with van der Waals surface area (Å²) in [5.74, 6) is 1.79. The van der Waals surface area contributed by atoms with Gasteiger partial charge in [0.05, 0.1) is 16.7 Å². The average Bonchev–Trinajstić information content (AvgIpc) is 3.48. The van der Waals surface area contributed by atoms with Gasteiger partial charge in [0.2, 0.25) is 0 Å².